The van der Waals surface area contributed by atoms with E-state index in [0.29, 0.717) is 5.65 Å². The van der Waals surface area contributed by atoms with Gasteiger partial charge in [-0.15, -0.1) is 0 Å². The number of hydrogen-bond acceptors (Lipinski definition) is 4. The SMILES string of the molecule is Cc1cccc(C)c1Sc1ncnc2nc[nH]c12. The molecule has 0 saturated carbocycles. The highest BCUT2D eigenvalue weighted by molar-refractivity contribution is 7.99. The van der Waals surface area contributed by atoms with E-state index in [2.05, 4.69) is 52.0 Å². The fourth-order valence-corrected chi connectivity index (χ4v) is 2.88. The number of imidazole rings is 1. The van der Waals surface area contributed by atoms with Gasteiger partial charge in [0, 0.05) is 4.90 Å². The number of H-pyrrole nitrogens is 1. The Balaban J connectivity index is 2.09. The number of benzene rings is 1. The Bertz CT molecular complexity index is 685. The van der Waals surface area contributed by atoms with Crippen molar-refractivity contribution in [3.63, 3.8) is 0 Å². The first-order valence-corrected chi connectivity index (χ1v) is 6.45. The molecule has 4 nitrogen and oxygen atoms in total. The molecule has 0 aliphatic heterocycles. The smallest absolute Gasteiger partial charge is 0.181 e. The topological polar surface area (TPSA) is 54.5 Å². The summed E-state index contributed by atoms with van der Waals surface area (Å²) in [5.41, 5.74) is 4.11. The molecule has 5 heteroatoms. The third kappa shape index (κ3) is 1.86. The zero-order valence-corrected chi connectivity index (χ0v) is 11.0. The quantitative estimate of drug-likeness (QED) is 0.716. The van der Waals surface area contributed by atoms with Crippen LogP contribution >= 0.6 is 11.8 Å². The molecule has 0 spiro atoms. The summed E-state index contributed by atoms with van der Waals surface area (Å²) in [5.74, 6) is 0. The fraction of sp³-hybridized carbons (Fsp3) is 0.154. The van der Waals surface area contributed by atoms with Crippen molar-refractivity contribution in [2.75, 3.05) is 0 Å². The molecule has 3 rings (SSSR count). The molecule has 0 unspecified atom stereocenters. The molecular weight excluding hydrogens is 244 g/mol. The molecule has 90 valence electrons. The van der Waals surface area contributed by atoms with Crippen LogP contribution in [0.3, 0.4) is 0 Å². The van der Waals surface area contributed by atoms with Gasteiger partial charge in [-0.25, -0.2) is 15.0 Å². The van der Waals surface area contributed by atoms with E-state index >= 15 is 0 Å². The van der Waals surface area contributed by atoms with Gasteiger partial charge in [0.2, 0.25) is 0 Å². The Morgan fingerprint density at radius 1 is 1.06 bits per heavy atom. The van der Waals surface area contributed by atoms with E-state index in [9.17, 15) is 0 Å². The zero-order valence-electron chi connectivity index (χ0n) is 10.1. The average Bonchev–Trinajstić information content (AvgIpc) is 2.83. The second kappa shape index (κ2) is 4.42. The molecule has 0 radical (unpaired) electrons. The van der Waals surface area contributed by atoms with Crippen LogP contribution in [0.4, 0.5) is 0 Å². The van der Waals surface area contributed by atoms with E-state index in [-0.39, 0.29) is 0 Å². The molecule has 2 aromatic heterocycles. The molecule has 18 heavy (non-hydrogen) atoms. The maximum atomic E-state index is 4.34. The van der Waals surface area contributed by atoms with Crippen molar-refractivity contribution in [2.24, 2.45) is 0 Å². The van der Waals surface area contributed by atoms with E-state index in [1.165, 1.54) is 16.0 Å². The fourth-order valence-electron chi connectivity index (χ4n) is 1.88. The lowest BCUT2D eigenvalue weighted by Crippen LogP contribution is -1.89. The number of fused-ring (bicyclic) bond motifs is 1. The van der Waals surface area contributed by atoms with E-state index < -0.39 is 0 Å². The van der Waals surface area contributed by atoms with Gasteiger partial charge in [-0.2, -0.15) is 0 Å². The molecule has 0 atom stereocenters. The predicted octanol–water partition coefficient (Wildman–Crippen LogP) is 3.12. The third-order valence-corrected chi connectivity index (χ3v) is 4.15. The molecule has 0 saturated heterocycles. The molecule has 1 aromatic carbocycles. The first-order chi connectivity index (χ1) is 8.75. The minimum absolute atomic E-state index is 0.707. The molecular formula is C13H12N4S. The molecule has 1 N–H and O–H groups in total. The number of aromatic nitrogens is 4. The minimum Gasteiger partial charge on any atom is -0.341 e. The standard InChI is InChI=1S/C13H12N4S/c1-8-4-3-5-9(2)11(8)18-13-10-12(15-6-14-10)16-7-17-13/h3-7H,1-2H3,(H,14,15,16,17). The maximum Gasteiger partial charge on any atom is 0.181 e. The normalized spacial score (nSPS) is 11.0. The third-order valence-electron chi connectivity index (χ3n) is 2.80. The van der Waals surface area contributed by atoms with Crippen molar-refractivity contribution in [2.45, 2.75) is 23.8 Å². The first kappa shape index (κ1) is 11.2. The second-order valence-electron chi connectivity index (χ2n) is 4.10. The van der Waals surface area contributed by atoms with Crippen LogP contribution in [0.15, 0.2) is 40.8 Å². The Morgan fingerprint density at radius 3 is 2.61 bits per heavy atom. The number of hydrogen-bond donors (Lipinski definition) is 1. The van der Waals surface area contributed by atoms with Crippen molar-refractivity contribution in [1.29, 1.82) is 0 Å². The number of nitrogens with zero attached hydrogens (tertiary/aromatic N) is 3. The Kier molecular flexibility index (Phi) is 2.76. The predicted molar refractivity (Wildman–Crippen MR) is 71.7 cm³/mol. The summed E-state index contributed by atoms with van der Waals surface area (Å²) >= 11 is 1.65. The van der Waals surface area contributed by atoms with Crippen LogP contribution in [0.1, 0.15) is 11.1 Å². The van der Waals surface area contributed by atoms with Gasteiger partial charge in [0.15, 0.2) is 5.65 Å². The van der Waals surface area contributed by atoms with E-state index in [0.717, 1.165) is 10.5 Å². The van der Waals surface area contributed by atoms with Crippen LogP contribution in [0.5, 0.6) is 0 Å². The number of aryl methyl sites for hydroxylation is 2. The summed E-state index contributed by atoms with van der Waals surface area (Å²) in [4.78, 5) is 16.9. The Morgan fingerprint density at radius 2 is 1.83 bits per heavy atom. The maximum absolute atomic E-state index is 4.34. The number of rotatable bonds is 2. The largest absolute Gasteiger partial charge is 0.341 e. The lowest BCUT2D eigenvalue weighted by atomic mass is 10.2. The first-order valence-electron chi connectivity index (χ1n) is 5.64. The average molecular weight is 256 g/mol. The Labute approximate surface area is 109 Å². The highest BCUT2D eigenvalue weighted by Gasteiger charge is 2.10. The van der Waals surface area contributed by atoms with Crippen LogP contribution in [0.25, 0.3) is 11.2 Å². The van der Waals surface area contributed by atoms with Crippen molar-refractivity contribution in [1.82, 2.24) is 19.9 Å². The number of nitrogens with one attached hydrogen (secondary N) is 1. The van der Waals surface area contributed by atoms with Crippen LogP contribution in [0, 0.1) is 13.8 Å². The minimum atomic E-state index is 0.707. The van der Waals surface area contributed by atoms with E-state index in [1.54, 1.807) is 24.4 Å². The van der Waals surface area contributed by atoms with Gasteiger partial charge in [0.1, 0.15) is 16.9 Å². The molecule has 0 aliphatic carbocycles. The highest BCUT2D eigenvalue weighted by atomic mass is 32.2. The van der Waals surface area contributed by atoms with Crippen LogP contribution in [-0.4, -0.2) is 19.9 Å². The van der Waals surface area contributed by atoms with Gasteiger partial charge >= 0.3 is 0 Å². The van der Waals surface area contributed by atoms with Gasteiger partial charge < -0.3 is 4.98 Å². The molecule has 0 bridgehead atoms. The Hall–Kier alpha value is -1.88. The van der Waals surface area contributed by atoms with Crippen LogP contribution in [0.2, 0.25) is 0 Å². The summed E-state index contributed by atoms with van der Waals surface area (Å²) in [5, 5.41) is 0.912. The lowest BCUT2D eigenvalue weighted by Gasteiger charge is -2.08. The van der Waals surface area contributed by atoms with Crippen LogP contribution in [-0.2, 0) is 0 Å². The summed E-state index contributed by atoms with van der Waals surface area (Å²) in [6.45, 7) is 4.22. The summed E-state index contributed by atoms with van der Waals surface area (Å²) in [7, 11) is 0. The molecule has 2 heterocycles. The van der Waals surface area contributed by atoms with Crippen molar-refractivity contribution in [3.8, 4) is 0 Å². The zero-order chi connectivity index (χ0) is 12.5. The highest BCUT2D eigenvalue weighted by Crippen LogP contribution is 2.33. The summed E-state index contributed by atoms with van der Waals surface area (Å²) < 4.78 is 0. The van der Waals surface area contributed by atoms with E-state index in [4.69, 9.17) is 0 Å². The van der Waals surface area contributed by atoms with Gasteiger partial charge in [-0.05, 0) is 25.0 Å². The van der Waals surface area contributed by atoms with E-state index in [1.807, 2.05) is 0 Å². The molecule has 0 aliphatic rings. The summed E-state index contributed by atoms with van der Waals surface area (Å²) in [6, 6.07) is 6.29. The summed E-state index contributed by atoms with van der Waals surface area (Å²) in [6.07, 6.45) is 3.20. The van der Waals surface area contributed by atoms with Gasteiger partial charge in [0.25, 0.3) is 0 Å². The van der Waals surface area contributed by atoms with Crippen molar-refractivity contribution >= 4 is 22.9 Å². The molecule has 0 fully saturated rings. The van der Waals surface area contributed by atoms with Gasteiger partial charge in [-0.3, -0.25) is 0 Å². The van der Waals surface area contributed by atoms with Crippen LogP contribution < -0.4 is 0 Å². The lowest BCUT2D eigenvalue weighted by molar-refractivity contribution is 1.08. The van der Waals surface area contributed by atoms with Gasteiger partial charge in [-0.1, -0.05) is 30.0 Å². The number of aromatic amines is 1. The molecule has 3 aromatic rings. The van der Waals surface area contributed by atoms with Gasteiger partial charge in [0.05, 0.1) is 6.33 Å². The molecule has 0 amide bonds. The van der Waals surface area contributed by atoms with Crippen molar-refractivity contribution < 1.29 is 0 Å². The van der Waals surface area contributed by atoms with Crippen molar-refractivity contribution in [3.05, 3.63) is 42.0 Å². The second-order valence-corrected chi connectivity index (χ2v) is 5.10. The monoisotopic (exact) mass is 256 g/mol.